The van der Waals surface area contributed by atoms with Gasteiger partial charge >= 0.3 is 0 Å². The van der Waals surface area contributed by atoms with E-state index < -0.39 is 0 Å². The number of hydrogen-bond acceptors (Lipinski definition) is 4. The fourth-order valence-electron chi connectivity index (χ4n) is 3.16. The number of guanidine groups is 1. The molecule has 1 N–H and O–H groups in total. The number of nitrogens with zero attached hydrogens (tertiary/aromatic N) is 3. The van der Waals surface area contributed by atoms with E-state index >= 15 is 0 Å². The molecule has 6 nitrogen and oxygen atoms in total. The Kier molecular flexibility index (Phi) is 11.0. The fourth-order valence-corrected chi connectivity index (χ4v) is 3.16. The summed E-state index contributed by atoms with van der Waals surface area (Å²) in [5, 5.41) is 3.45. The van der Waals surface area contributed by atoms with Gasteiger partial charge in [0.2, 0.25) is 0 Å². The van der Waals surface area contributed by atoms with Gasteiger partial charge in [-0.25, -0.2) is 0 Å². The molecule has 1 aliphatic rings. The monoisotopic (exact) mass is 342 g/mol. The Balaban J connectivity index is 2.48. The number of nitrogens with one attached hydrogen (secondary N) is 1. The van der Waals surface area contributed by atoms with Gasteiger partial charge in [0.1, 0.15) is 0 Å². The summed E-state index contributed by atoms with van der Waals surface area (Å²) in [5.74, 6) is 1.64. The number of hydrogen-bond donors (Lipinski definition) is 1. The maximum Gasteiger partial charge on any atom is 0.193 e. The molecule has 2 atom stereocenters. The molecule has 142 valence electrons. The minimum atomic E-state index is 0.476. The minimum Gasteiger partial charge on any atom is -0.382 e. The van der Waals surface area contributed by atoms with Crippen LogP contribution in [0.15, 0.2) is 4.99 Å². The van der Waals surface area contributed by atoms with Gasteiger partial charge in [-0.15, -0.1) is 0 Å². The van der Waals surface area contributed by atoms with Crippen molar-refractivity contribution < 1.29 is 9.47 Å². The lowest BCUT2D eigenvalue weighted by molar-refractivity contribution is 0.0536. The molecular weight excluding hydrogens is 304 g/mol. The van der Waals surface area contributed by atoms with Crippen molar-refractivity contribution in [1.29, 1.82) is 0 Å². The third-order valence-corrected chi connectivity index (χ3v) is 4.65. The van der Waals surface area contributed by atoms with Gasteiger partial charge in [0, 0.05) is 38.7 Å². The Hall–Kier alpha value is -0.850. The number of methoxy groups -OCH3 is 1. The van der Waals surface area contributed by atoms with E-state index in [0.717, 1.165) is 51.8 Å². The molecule has 0 radical (unpaired) electrons. The van der Waals surface area contributed by atoms with Gasteiger partial charge in [-0.05, 0) is 33.4 Å². The lowest BCUT2D eigenvalue weighted by Gasteiger charge is -2.26. The van der Waals surface area contributed by atoms with E-state index in [4.69, 9.17) is 14.5 Å². The molecule has 1 fully saturated rings. The van der Waals surface area contributed by atoms with E-state index in [1.807, 2.05) is 0 Å². The van der Waals surface area contributed by atoms with Crippen molar-refractivity contribution in [2.45, 2.75) is 40.2 Å². The van der Waals surface area contributed by atoms with Crippen LogP contribution in [0.25, 0.3) is 0 Å². The summed E-state index contributed by atoms with van der Waals surface area (Å²) >= 11 is 0. The maximum absolute atomic E-state index is 5.69. The van der Waals surface area contributed by atoms with E-state index in [9.17, 15) is 0 Å². The largest absolute Gasteiger partial charge is 0.382 e. The van der Waals surface area contributed by atoms with Crippen LogP contribution in [0.2, 0.25) is 0 Å². The molecule has 2 unspecified atom stereocenters. The summed E-state index contributed by atoms with van der Waals surface area (Å²) in [4.78, 5) is 9.71. The topological polar surface area (TPSA) is 49.3 Å². The molecule has 1 heterocycles. The highest BCUT2D eigenvalue weighted by Crippen LogP contribution is 2.16. The Morgan fingerprint density at radius 1 is 1.29 bits per heavy atom. The summed E-state index contributed by atoms with van der Waals surface area (Å²) < 4.78 is 10.7. The Morgan fingerprint density at radius 3 is 2.67 bits per heavy atom. The van der Waals surface area contributed by atoms with Crippen molar-refractivity contribution in [3.05, 3.63) is 0 Å². The normalized spacial score (nSPS) is 20.0. The van der Waals surface area contributed by atoms with Crippen LogP contribution in [0, 0.1) is 5.92 Å². The molecule has 1 aliphatic heterocycles. The molecule has 0 aromatic carbocycles. The molecule has 24 heavy (non-hydrogen) atoms. The van der Waals surface area contributed by atoms with Crippen molar-refractivity contribution in [3.8, 4) is 0 Å². The van der Waals surface area contributed by atoms with Crippen molar-refractivity contribution in [3.63, 3.8) is 0 Å². The summed E-state index contributed by atoms with van der Waals surface area (Å²) in [7, 11) is 1.71. The summed E-state index contributed by atoms with van der Waals surface area (Å²) in [6.07, 6.45) is 1.17. The van der Waals surface area contributed by atoms with Gasteiger partial charge in [0.15, 0.2) is 5.96 Å². The first kappa shape index (κ1) is 21.2. The van der Waals surface area contributed by atoms with E-state index in [-0.39, 0.29) is 0 Å². The third kappa shape index (κ3) is 7.36. The molecule has 0 spiro atoms. The van der Waals surface area contributed by atoms with Crippen LogP contribution in [0.5, 0.6) is 0 Å². The second-order valence-corrected chi connectivity index (χ2v) is 6.43. The van der Waals surface area contributed by atoms with Crippen LogP contribution in [-0.4, -0.2) is 88.0 Å². The van der Waals surface area contributed by atoms with Crippen LogP contribution in [0.1, 0.15) is 34.1 Å². The van der Waals surface area contributed by atoms with Gasteiger partial charge in [-0.3, -0.25) is 9.89 Å². The van der Waals surface area contributed by atoms with E-state index in [1.54, 1.807) is 7.11 Å². The number of likely N-dealkylation sites (tertiary alicyclic amines) is 1. The number of likely N-dealkylation sites (N-methyl/N-ethyl adjacent to an activating group) is 1. The van der Waals surface area contributed by atoms with Gasteiger partial charge < -0.3 is 19.7 Å². The van der Waals surface area contributed by atoms with Crippen LogP contribution < -0.4 is 5.32 Å². The van der Waals surface area contributed by atoms with Gasteiger partial charge in [-0.2, -0.15) is 0 Å². The van der Waals surface area contributed by atoms with Gasteiger partial charge in [-0.1, -0.05) is 13.8 Å². The average Bonchev–Trinajstić information content (AvgIpc) is 3.05. The van der Waals surface area contributed by atoms with Gasteiger partial charge in [0.05, 0.1) is 26.4 Å². The second kappa shape index (κ2) is 12.5. The molecule has 1 rings (SSSR count). The van der Waals surface area contributed by atoms with Crippen molar-refractivity contribution in [2.75, 3.05) is 66.2 Å². The molecule has 0 saturated carbocycles. The van der Waals surface area contributed by atoms with E-state index in [1.165, 1.54) is 6.42 Å². The first-order valence-corrected chi connectivity index (χ1v) is 9.50. The minimum absolute atomic E-state index is 0.476. The zero-order chi connectivity index (χ0) is 17.8. The molecule has 0 aromatic heterocycles. The first-order valence-electron chi connectivity index (χ1n) is 9.50. The maximum atomic E-state index is 5.69. The number of ether oxygens (including phenoxy) is 2. The van der Waals surface area contributed by atoms with Crippen molar-refractivity contribution in [1.82, 2.24) is 15.1 Å². The highest BCUT2D eigenvalue weighted by atomic mass is 16.5. The average molecular weight is 343 g/mol. The Morgan fingerprint density at radius 2 is 2.04 bits per heavy atom. The van der Waals surface area contributed by atoms with Crippen LogP contribution in [0.3, 0.4) is 0 Å². The lowest BCUT2D eigenvalue weighted by Crippen LogP contribution is -2.42. The Bertz CT molecular complexity index is 348. The fraction of sp³-hybridized carbons (Fsp3) is 0.944. The highest BCUT2D eigenvalue weighted by Gasteiger charge is 2.25. The molecule has 1 saturated heterocycles. The van der Waals surface area contributed by atoms with Crippen molar-refractivity contribution >= 4 is 5.96 Å². The molecule has 0 aliphatic carbocycles. The van der Waals surface area contributed by atoms with E-state index in [2.05, 4.69) is 42.8 Å². The summed E-state index contributed by atoms with van der Waals surface area (Å²) in [6.45, 7) is 17.0. The third-order valence-electron chi connectivity index (χ3n) is 4.65. The molecular formula is C18H38N4O2. The first-order chi connectivity index (χ1) is 11.7. The molecule has 0 aromatic rings. The SMILES string of the molecule is CCNC(=NCC(C)N(CC)CC)N1CCC(COCCOC)C1. The smallest absolute Gasteiger partial charge is 0.193 e. The molecule has 0 bridgehead atoms. The quantitative estimate of drug-likeness (QED) is 0.352. The van der Waals surface area contributed by atoms with Crippen LogP contribution in [-0.2, 0) is 9.47 Å². The number of aliphatic imine (C=N–C) groups is 1. The summed E-state index contributed by atoms with van der Waals surface area (Å²) in [5.41, 5.74) is 0. The molecule has 6 heteroatoms. The van der Waals surface area contributed by atoms with Crippen molar-refractivity contribution in [2.24, 2.45) is 10.9 Å². The zero-order valence-electron chi connectivity index (χ0n) is 16.4. The van der Waals surface area contributed by atoms with Crippen LogP contribution in [0.4, 0.5) is 0 Å². The standard InChI is InChI=1S/C18H38N4O2/c1-6-19-18(20-13-16(4)21(7-2)8-3)22-10-9-17(14-22)15-24-12-11-23-5/h16-17H,6-15H2,1-5H3,(H,19,20). The number of rotatable bonds is 11. The summed E-state index contributed by atoms with van der Waals surface area (Å²) in [6, 6.07) is 0.476. The second-order valence-electron chi connectivity index (χ2n) is 6.43. The van der Waals surface area contributed by atoms with Crippen LogP contribution >= 0.6 is 0 Å². The molecule has 0 amide bonds. The Labute approximate surface area is 148 Å². The predicted octanol–water partition coefficient (Wildman–Crippen LogP) is 1.67. The highest BCUT2D eigenvalue weighted by molar-refractivity contribution is 5.80. The predicted molar refractivity (Wildman–Crippen MR) is 101 cm³/mol. The lowest BCUT2D eigenvalue weighted by atomic mass is 10.1. The zero-order valence-corrected chi connectivity index (χ0v) is 16.4. The van der Waals surface area contributed by atoms with Gasteiger partial charge in [0.25, 0.3) is 0 Å². The van der Waals surface area contributed by atoms with E-state index in [0.29, 0.717) is 25.2 Å².